The molecule has 3 saturated heterocycles. The predicted molar refractivity (Wildman–Crippen MR) is 195 cm³/mol. The normalized spacial score (nSPS) is 23.6. The van der Waals surface area contributed by atoms with Crippen LogP contribution in [0.3, 0.4) is 0 Å². The zero-order chi connectivity index (χ0) is 37.8. The molecule has 5 fully saturated rings. The summed E-state index contributed by atoms with van der Waals surface area (Å²) < 4.78 is 21.3. The van der Waals surface area contributed by atoms with Crippen molar-refractivity contribution in [3.63, 3.8) is 0 Å². The highest BCUT2D eigenvalue weighted by Gasteiger charge is 2.51. The molecule has 1 unspecified atom stereocenters. The van der Waals surface area contributed by atoms with Gasteiger partial charge >= 0.3 is 0 Å². The summed E-state index contributed by atoms with van der Waals surface area (Å²) in [5.41, 5.74) is 11.8. The standard InChI is InChI=1S/C39H50FN7O6/c40-31-11-10-26(21-32(41)28-8-4-5-9-29(28)35(43)50)20-30(31)37(52)47-18-16-46(17-19-47)33(49)22-45(25-48)23-39-14-12-38(13-15-39,24-53-39)44-36(51)34(42)27-6-2-1-3-7-27/h4-5,8-11,20,25,27,34,41H,1-3,6-7,12-19,21-24,42H2,(H2,43,50)(H,44,51). The van der Waals surface area contributed by atoms with Crippen molar-refractivity contribution >= 4 is 35.8 Å². The molecule has 3 heterocycles. The molecule has 0 radical (unpaired) electrons. The molecular formula is C39H50FN7O6. The van der Waals surface area contributed by atoms with Gasteiger partial charge in [-0.1, -0.05) is 43.5 Å². The maximum atomic E-state index is 14.9. The smallest absolute Gasteiger partial charge is 0.256 e. The number of hydrogen-bond donors (Lipinski definition) is 4. The Morgan fingerprint density at radius 2 is 1.62 bits per heavy atom. The van der Waals surface area contributed by atoms with E-state index in [0.717, 1.165) is 25.7 Å². The number of halogens is 1. The summed E-state index contributed by atoms with van der Waals surface area (Å²) in [5, 5.41) is 11.8. The summed E-state index contributed by atoms with van der Waals surface area (Å²) in [4.78, 5) is 68.4. The van der Waals surface area contributed by atoms with Crippen LogP contribution in [-0.2, 0) is 25.5 Å². The molecule has 5 aliphatic rings. The summed E-state index contributed by atoms with van der Waals surface area (Å²) >= 11 is 0. The second kappa shape index (κ2) is 16.1. The molecule has 2 saturated carbocycles. The number of piperazine rings is 1. The van der Waals surface area contributed by atoms with Crippen LogP contribution in [0.2, 0.25) is 0 Å². The van der Waals surface area contributed by atoms with Crippen molar-refractivity contribution in [3.05, 3.63) is 70.5 Å². The van der Waals surface area contributed by atoms with E-state index in [-0.39, 0.29) is 80.3 Å². The molecule has 0 spiro atoms. The van der Waals surface area contributed by atoms with Gasteiger partial charge in [-0.2, -0.15) is 0 Å². The molecule has 2 bridgehead atoms. The molecule has 5 amide bonds. The van der Waals surface area contributed by atoms with Crippen molar-refractivity contribution in [2.45, 2.75) is 81.4 Å². The van der Waals surface area contributed by atoms with E-state index in [1.807, 2.05) is 0 Å². The summed E-state index contributed by atoms with van der Waals surface area (Å²) in [6.45, 7) is 1.27. The maximum Gasteiger partial charge on any atom is 0.256 e. The number of primary amides is 1. The van der Waals surface area contributed by atoms with Crippen LogP contribution in [0.5, 0.6) is 0 Å². The predicted octanol–water partition coefficient (Wildman–Crippen LogP) is 2.38. The fourth-order valence-corrected chi connectivity index (χ4v) is 8.39. The number of nitrogens with zero attached hydrogens (tertiary/aromatic N) is 3. The number of amides is 5. The van der Waals surface area contributed by atoms with Crippen LogP contribution < -0.4 is 16.8 Å². The highest BCUT2D eigenvalue weighted by atomic mass is 19.1. The van der Waals surface area contributed by atoms with Crippen molar-refractivity contribution in [1.82, 2.24) is 20.0 Å². The number of fused-ring (bicyclic) bond motifs is 3. The third kappa shape index (κ3) is 8.59. The zero-order valence-electron chi connectivity index (χ0n) is 30.1. The minimum atomic E-state index is -0.697. The average Bonchev–Trinajstić information content (AvgIpc) is 3.18. The monoisotopic (exact) mass is 731 g/mol. The first-order valence-electron chi connectivity index (χ1n) is 18.6. The molecule has 7 rings (SSSR count). The van der Waals surface area contributed by atoms with E-state index in [2.05, 4.69) is 5.32 Å². The first kappa shape index (κ1) is 38.0. The van der Waals surface area contributed by atoms with Gasteiger partial charge in [-0.15, -0.1) is 0 Å². The first-order valence-corrected chi connectivity index (χ1v) is 18.6. The van der Waals surface area contributed by atoms with Crippen molar-refractivity contribution in [2.24, 2.45) is 17.4 Å². The minimum absolute atomic E-state index is 0.0548. The number of rotatable bonds is 13. The van der Waals surface area contributed by atoms with E-state index in [9.17, 15) is 28.4 Å². The molecule has 2 aromatic rings. The van der Waals surface area contributed by atoms with Gasteiger partial charge in [0.1, 0.15) is 5.82 Å². The topological polar surface area (TPSA) is 192 Å². The maximum absolute atomic E-state index is 14.9. The lowest BCUT2D eigenvalue weighted by atomic mass is 9.70. The number of carbonyl (C=O) groups is 5. The molecule has 3 aliphatic heterocycles. The lowest BCUT2D eigenvalue weighted by Gasteiger charge is -2.54. The van der Waals surface area contributed by atoms with Gasteiger partial charge in [0.05, 0.1) is 35.9 Å². The summed E-state index contributed by atoms with van der Waals surface area (Å²) in [6.07, 6.45) is 8.81. The van der Waals surface area contributed by atoms with Gasteiger partial charge < -0.3 is 41.6 Å². The van der Waals surface area contributed by atoms with E-state index in [0.29, 0.717) is 49.8 Å². The molecule has 6 N–H and O–H groups in total. The van der Waals surface area contributed by atoms with Crippen molar-refractivity contribution < 1.29 is 33.1 Å². The Hall–Kier alpha value is -4.69. The Balaban J connectivity index is 0.980. The number of carbonyl (C=O) groups excluding carboxylic acids is 5. The summed E-state index contributed by atoms with van der Waals surface area (Å²) in [6, 6.07) is 10.1. The molecule has 1 atom stereocenters. The summed E-state index contributed by atoms with van der Waals surface area (Å²) in [5.74, 6) is -2.04. The van der Waals surface area contributed by atoms with E-state index in [1.165, 1.54) is 40.5 Å². The largest absolute Gasteiger partial charge is 0.371 e. The molecule has 2 aliphatic carbocycles. The van der Waals surface area contributed by atoms with Gasteiger partial charge in [0.2, 0.25) is 24.1 Å². The third-order valence-corrected chi connectivity index (χ3v) is 11.7. The molecular weight excluding hydrogens is 681 g/mol. The second-order valence-electron chi connectivity index (χ2n) is 15.2. The van der Waals surface area contributed by atoms with Crippen LogP contribution in [-0.4, -0.2) is 114 Å². The van der Waals surface area contributed by atoms with E-state index >= 15 is 0 Å². The van der Waals surface area contributed by atoms with E-state index < -0.39 is 34.8 Å². The first-order chi connectivity index (χ1) is 25.4. The molecule has 284 valence electrons. The fraction of sp³-hybridized carbons (Fsp3) is 0.538. The van der Waals surface area contributed by atoms with Gasteiger partial charge in [0, 0.05) is 56.0 Å². The van der Waals surface area contributed by atoms with Gasteiger partial charge in [0.25, 0.3) is 5.91 Å². The van der Waals surface area contributed by atoms with E-state index in [4.69, 9.17) is 21.6 Å². The van der Waals surface area contributed by atoms with Crippen LogP contribution >= 0.6 is 0 Å². The minimum Gasteiger partial charge on any atom is -0.371 e. The van der Waals surface area contributed by atoms with Crippen molar-refractivity contribution in [2.75, 3.05) is 45.9 Å². The summed E-state index contributed by atoms with van der Waals surface area (Å²) in [7, 11) is 0. The van der Waals surface area contributed by atoms with Crippen LogP contribution in [0.25, 0.3) is 0 Å². The van der Waals surface area contributed by atoms with Gasteiger partial charge in [0.15, 0.2) is 0 Å². The van der Waals surface area contributed by atoms with Crippen LogP contribution in [0.4, 0.5) is 4.39 Å². The van der Waals surface area contributed by atoms with Crippen LogP contribution in [0, 0.1) is 17.1 Å². The highest BCUT2D eigenvalue weighted by molar-refractivity contribution is 6.09. The Morgan fingerprint density at radius 1 is 0.962 bits per heavy atom. The lowest BCUT2D eigenvalue weighted by Crippen LogP contribution is -2.67. The van der Waals surface area contributed by atoms with Gasteiger partial charge in [-0.3, -0.25) is 24.0 Å². The number of ether oxygens (including phenoxy) is 1. The second-order valence-corrected chi connectivity index (χ2v) is 15.2. The third-order valence-electron chi connectivity index (χ3n) is 11.7. The molecule has 13 nitrogen and oxygen atoms in total. The number of nitrogens with one attached hydrogen (secondary N) is 2. The number of hydrogen-bond acceptors (Lipinski definition) is 8. The molecule has 2 aromatic carbocycles. The van der Waals surface area contributed by atoms with Crippen molar-refractivity contribution in [1.29, 1.82) is 5.41 Å². The number of benzene rings is 2. The zero-order valence-corrected chi connectivity index (χ0v) is 30.1. The van der Waals surface area contributed by atoms with Gasteiger partial charge in [-0.25, -0.2) is 4.39 Å². The lowest BCUT2D eigenvalue weighted by molar-refractivity contribution is -0.177. The van der Waals surface area contributed by atoms with E-state index in [1.54, 1.807) is 23.1 Å². The Bertz CT molecular complexity index is 1710. The van der Waals surface area contributed by atoms with Crippen LogP contribution in [0.1, 0.15) is 89.6 Å². The van der Waals surface area contributed by atoms with Gasteiger partial charge in [-0.05, 0) is 68.2 Å². The molecule has 53 heavy (non-hydrogen) atoms. The molecule has 14 heteroatoms. The highest BCUT2D eigenvalue weighted by Crippen LogP contribution is 2.44. The average molecular weight is 732 g/mol. The van der Waals surface area contributed by atoms with Crippen molar-refractivity contribution in [3.8, 4) is 0 Å². The van der Waals surface area contributed by atoms with Crippen LogP contribution in [0.15, 0.2) is 42.5 Å². The molecule has 0 aromatic heterocycles. The fourth-order valence-electron chi connectivity index (χ4n) is 8.39. The quantitative estimate of drug-likeness (QED) is 0.180. The Kier molecular flexibility index (Phi) is 11.6. The number of nitrogens with two attached hydrogens (primary N) is 2. The Labute approximate surface area is 309 Å². The Morgan fingerprint density at radius 3 is 2.25 bits per heavy atom. The SMILES string of the molecule is N=C(Cc1ccc(F)c(C(=O)N2CCN(C(=O)CN(C=O)CC34CCC(NC(=O)C(N)C5CCCCC5)(CC3)CO4)CC2)c1)c1ccccc1C(N)=O.